The molecule has 1 unspecified atom stereocenters. The van der Waals surface area contributed by atoms with Crippen LogP contribution in [0.2, 0.25) is 0 Å². The van der Waals surface area contributed by atoms with Gasteiger partial charge < -0.3 is 5.32 Å². The second kappa shape index (κ2) is 8.33. The molecule has 0 saturated carbocycles. The molecule has 1 aliphatic carbocycles. The van der Waals surface area contributed by atoms with Gasteiger partial charge in [-0.15, -0.1) is 0 Å². The van der Waals surface area contributed by atoms with Gasteiger partial charge in [0.15, 0.2) is 0 Å². The summed E-state index contributed by atoms with van der Waals surface area (Å²) in [6.45, 7) is 4.47. The number of nitrogens with one attached hydrogen (secondary N) is 2. The Morgan fingerprint density at radius 2 is 1.65 bits per heavy atom. The standard InChI is InChI=1S/C21H28N2O2S/c1-16(2)23-26(24,25)15-18-9-7-17(8-10-18)14-22-21-12-11-19-5-3-4-6-20(19)13-21/h3-10,16,21-23H,11-15H2,1-2H3. The van der Waals surface area contributed by atoms with Crippen LogP contribution in [0, 0.1) is 0 Å². The molecule has 3 rings (SSSR count). The van der Waals surface area contributed by atoms with Crippen LogP contribution >= 0.6 is 0 Å². The molecule has 0 aliphatic heterocycles. The number of benzene rings is 2. The normalized spacial score (nSPS) is 17.3. The fraction of sp³-hybridized carbons (Fsp3) is 0.429. The van der Waals surface area contributed by atoms with E-state index in [1.807, 2.05) is 38.1 Å². The Labute approximate surface area is 157 Å². The van der Waals surface area contributed by atoms with Gasteiger partial charge in [-0.1, -0.05) is 48.5 Å². The summed E-state index contributed by atoms with van der Waals surface area (Å²) in [4.78, 5) is 0. The zero-order chi connectivity index (χ0) is 18.6. The predicted octanol–water partition coefficient (Wildman–Crippen LogP) is 3.16. The zero-order valence-corrected chi connectivity index (χ0v) is 16.4. The summed E-state index contributed by atoms with van der Waals surface area (Å²) in [5.41, 5.74) is 4.93. The van der Waals surface area contributed by atoms with Crippen molar-refractivity contribution >= 4 is 10.0 Å². The topological polar surface area (TPSA) is 58.2 Å². The highest BCUT2D eigenvalue weighted by molar-refractivity contribution is 7.88. The van der Waals surface area contributed by atoms with Crippen molar-refractivity contribution < 1.29 is 8.42 Å². The second-order valence-corrected chi connectivity index (χ2v) is 9.19. The molecule has 0 amide bonds. The molecule has 2 N–H and O–H groups in total. The van der Waals surface area contributed by atoms with E-state index in [9.17, 15) is 8.42 Å². The van der Waals surface area contributed by atoms with E-state index in [4.69, 9.17) is 0 Å². The lowest BCUT2D eigenvalue weighted by molar-refractivity contribution is 0.457. The number of sulfonamides is 1. The van der Waals surface area contributed by atoms with Crippen molar-refractivity contribution in [2.24, 2.45) is 0 Å². The molecular formula is C21H28N2O2S. The van der Waals surface area contributed by atoms with Crippen LogP contribution in [0.3, 0.4) is 0 Å². The van der Waals surface area contributed by atoms with Crippen molar-refractivity contribution in [3.05, 3.63) is 70.8 Å². The van der Waals surface area contributed by atoms with E-state index in [1.165, 1.54) is 16.7 Å². The van der Waals surface area contributed by atoms with Gasteiger partial charge in [-0.05, 0) is 55.4 Å². The van der Waals surface area contributed by atoms with Crippen LogP contribution in [0.25, 0.3) is 0 Å². The Bertz CT molecular complexity index is 829. The van der Waals surface area contributed by atoms with E-state index in [0.29, 0.717) is 6.04 Å². The Morgan fingerprint density at radius 1 is 1.00 bits per heavy atom. The molecule has 0 heterocycles. The van der Waals surface area contributed by atoms with E-state index < -0.39 is 10.0 Å². The molecule has 0 radical (unpaired) electrons. The quantitative estimate of drug-likeness (QED) is 0.785. The van der Waals surface area contributed by atoms with Gasteiger partial charge in [-0.2, -0.15) is 0 Å². The lowest BCUT2D eigenvalue weighted by atomic mass is 9.88. The van der Waals surface area contributed by atoms with Gasteiger partial charge in [-0.25, -0.2) is 13.1 Å². The SMILES string of the molecule is CC(C)NS(=O)(=O)Cc1ccc(CNC2CCc3ccccc3C2)cc1. The van der Waals surface area contributed by atoms with E-state index >= 15 is 0 Å². The van der Waals surface area contributed by atoms with Gasteiger partial charge in [0.2, 0.25) is 10.0 Å². The predicted molar refractivity (Wildman–Crippen MR) is 106 cm³/mol. The largest absolute Gasteiger partial charge is 0.310 e. The van der Waals surface area contributed by atoms with Crippen molar-refractivity contribution in [1.29, 1.82) is 0 Å². The Morgan fingerprint density at radius 3 is 2.35 bits per heavy atom. The first-order valence-electron chi connectivity index (χ1n) is 9.29. The zero-order valence-electron chi connectivity index (χ0n) is 15.5. The maximum Gasteiger partial charge on any atom is 0.216 e. The average Bonchev–Trinajstić information content (AvgIpc) is 2.59. The fourth-order valence-corrected chi connectivity index (χ4v) is 4.94. The molecule has 2 aromatic rings. The maximum absolute atomic E-state index is 12.0. The first-order chi connectivity index (χ1) is 12.4. The number of fused-ring (bicyclic) bond motifs is 1. The Hall–Kier alpha value is -1.69. The van der Waals surface area contributed by atoms with Gasteiger partial charge in [-0.3, -0.25) is 0 Å². The third kappa shape index (κ3) is 5.40. The summed E-state index contributed by atoms with van der Waals surface area (Å²) < 4.78 is 26.6. The monoisotopic (exact) mass is 372 g/mol. The van der Waals surface area contributed by atoms with Crippen LogP contribution < -0.4 is 10.0 Å². The average molecular weight is 373 g/mol. The summed E-state index contributed by atoms with van der Waals surface area (Å²) in [5, 5.41) is 3.64. The third-order valence-electron chi connectivity index (χ3n) is 4.74. The number of aryl methyl sites for hydroxylation is 1. The molecule has 0 spiro atoms. The van der Waals surface area contributed by atoms with Crippen molar-refractivity contribution in [2.75, 3.05) is 0 Å². The first kappa shape index (κ1) is 19.1. The number of hydrogen-bond donors (Lipinski definition) is 2. The summed E-state index contributed by atoms with van der Waals surface area (Å²) >= 11 is 0. The number of hydrogen-bond acceptors (Lipinski definition) is 3. The van der Waals surface area contributed by atoms with E-state index in [2.05, 4.69) is 34.3 Å². The summed E-state index contributed by atoms with van der Waals surface area (Å²) in [5.74, 6) is 0.0261. The minimum Gasteiger partial charge on any atom is -0.310 e. The van der Waals surface area contributed by atoms with E-state index in [1.54, 1.807) is 0 Å². The molecular weight excluding hydrogens is 344 g/mol. The van der Waals surface area contributed by atoms with E-state index in [-0.39, 0.29) is 11.8 Å². The second-order valence-electron chi connectivity index (χ2n) is 7.44. The summed E-state index contributed by atoms with van der Waals surface area (Å²) in [7, 11) is -3.27. The van der Waals surface area contributed by atoms with Crippen molar-refractivity contribution in [1.82, 2.24) is 10.0 Å². The Kier molecular flexibility index (Phi) is 6.12. The molecule has 2 aromatic carbocycles. The van der Waals surface area contributed by atoms with Gasteiger partial charge in [0, 0.05) is 18.6 Å². The molecule has 5 heteroatoms. The van der Waals surface area contributed by atoms with Crippen LogP contribution in [-0.4, -0.2) is 20.5 Å². The molecule has 0 fully saturated rings. The highest BCUT2D eigenvalue weighted by atomic mass is 32.2. The first-order valence-corrected chi connectivity index (χ1v) is 10.9. The summed E-state index contributed by atoms with van der Waals surface area (Å²) in [6, 6.07) is 17.0. The lowest BCUT2D eigenvalue weighted by Gasteiger charge is -2.25. The molecule has 140 valence electrons. The van der Waals surface area contributed by atoms with Gasteiger partial charge >= 0.3 is 0 Å². The fourth-order valence-electron chi connectivity index (χ4n) is 3.51. The molecule has 26 heavy (non-hydrogen) atoms. The smallest absolute Gasteiger partial charge is 0.216 e. The highest BCUT2D eigenvalue weighted by Gasteiger charge is 2.17. The van der Waals surface area contributed by atoms with Crippen molar-refractivity contribution in [3.8, 4) is 0 Å². The van der Waals surface area contributed by atoms with Crippen molar-refractivity contribution in [2.45, 2.75) is 57.5 Å². The highest BCUT2D eigenvalue weighted by Crippen LogP contribution is 2.21. The van der Waals surface area contributed by atoms with Crippen molar-refractivity contribution in [3.63, 3.8) is 0 Å². The maximum atomic E-state index is 12.0. The van der Waals surface area contributed by atoms with Gasteiger partial charge in [0.05, 0.1) is 5.75 Å². The van der Waals surface area contributed by atoms with Crippen LogP contribution in [0.15, 0.2) is 48.5 Å². The van der Waals surface area contributed by atoms with Crippen LogP contribution in [0.1, 0.15) is 42.5 Å². The van der Waals surface area contributed by atoms with Gasteiger partial charge in [0.1, 0.15) is 0 Å². The van der Waals surface area contributed by atoms with E-state index in [0.717, 1.165) is 31.4 Å². The molecule has 0 saturated heterocycles. The van der Waals surface area contributed by atoms with Crippen LogP contribution in [-0.2, 0) is 35.2 Å². The Balaban J connectivity index is 1.52. The lowest BCUT2D eigenvalue weighted by Crippen LogP contribution is -2.34. The van der Waals surface area contributed by atoms with Gasteiger partial charge in [0.25, 0.3) is 0 Å². The van der Waals surface area contributed by atoms with Crippen LogP contribution in [0.5, 0.6) is 0 Å². The molecule has 1 aliphatic rings. The summed E-state index contributed by atoms with van der Waals surface area (Å²) in [6.07, 6.45) is 3.37. The minimum atomic E-state index is -3.27. The molecule has 4 nitrogen and oxygen atoms in total. The van der Waals surface area contributed by atoms with Crippen LogP contribution in [0.4, 0.5) is 0 Å². The molecule has 0 bridgehead atoms. The third-order valence-corrected chi connectivity index (χ3v) is 6.28. The minimum absolute atomic E-state index is 0.0261. The number of rotatable bonds is 7. The molecule has 1 atom stereocenters. The molecule has 0 aromatic heterocycles.